The molecule has 3 fully saturated rings. The third kappa shape index (κ3) is 2.91. The summed E-state index contributed by atoms with van der Waals surface area (Å²) in [6.07, 6.45) is 6.09. The van der Waals surface area contributed by atoms with Crippen LogP contribution in [0.1, 0.15) is 38.5 Å². The number of carbonyl (C=O) groups is 2. The van der Waals surface area contributed by atoms with E-state index < -0.39 is 0 Å². The fourth-order valence-corrected chi connectivity index (χ4v) is 3.46. The largest absolute Gasteiger partial charge is 0.340 e. The Hall–Kier alpha value is -1.10. The average molecular weight is 265 g/mol. The van der Waals surface area contributed by atoms with Crippen molar-refractivity contribution in [3.63, 3.8) is 0 Å². The molecule has 0 aliphatic carbocycles. The first-order valence-corrected chi connectivity index (χ1v) is 7.54. The van der Waals surface area contributed by atoms with Crippen LogP contribution in [0.2, 0.25) is 0 Å². The highest BCUT2D eigenvalue weighted by atomic mass is 16.2. The van der Waals surface area contributed by atoms with E-state index in [1.54, 1.807) is 4.90 Å². The topological polar surface area (TPSA) is 52.7 Å². The van der Waals surface area contributed by atoms with E-state index in [2.05, 4.69) is 5.32 Å². The molecule has 2 amide bonds. The fourth-order valence-electron chi connectivity index (χ4n) is 3.46. The summed E-state index contributed by atoms with van der Waals surface area (Å²) in [6, 6.07) is 1.06. The molecule has 2 unspecified atom stereocenters. The summed E-state index contributed by atoms with van der Waals surface area (Å²) < 4.78 is 0. The van der Waals surface area contributed by atoms with Crippen LogP contribution in [0.15, 0.2) is 0 Å². The summed E-state index contributed by atoms with van der Waals surface area (Å²) >= 11 is 0. The Bertz CT molecular complexity index is 372. The second-order valence-corrected chi connectivity index (χ2v) is 6.04. The van der Waals surface area contributed by atoms with Crippen molar-refractivity contribution in [2.24, 2.45) is 0 Å². The van der Waals surface area contributed by atoms with E-state index >= 15 is 0 Å². The Morgan fingerprint density at radius 2 is 2.00 bits per heavy atom. The molecule has 0 spiro atoms. The molecule has 5 nitrogen and oxygen atoms in total. The molecule has 0 aromatic heterocycles. The van der Waals surface area contributed by atoms with Gasteiger partial charge < -0.3 is 15.1 Å². The Kier molecular flexibility index (Phi) is 3.73. The van der Waals surface area contributed by atoms with Gasteiger partial charge in [-0.2, -0.15) is 0 Å². The number of nitrogens with one attached hydrogen (secondary N) is 1. The van der Waals surface area contributed by atoms with Gasteiger partial charge in [0.1, 0.15) is 0 Å². The van der Waals surface area contributed by atoms with Crippen molar-refractivity contribution in [1.82, 2.24) is 15.1 Å². The number of likely N-dealkylation sites (tertiary alicyclic amines) is 2. The summed E-state index contributed by atoms with van der Waals surface area (Å²) in [5.74, 6) is 0.277. The molecule has 2 bridgehead atoms. The third-order valence-electron chi connectivity index (χ3n) is 4.62. The lowest BCUT2D eigenvalue weighted by Crippen LogP contribution is -2.47. The molecule has 106 valence electrons. The van der Waals surface area contributed by atoms with Gasteiger partial charge in [-0.25, -0.2) is 0 Å². The number of hydrogen-bond acceptors (Lipinski definition) is 3. The number of amides is 2. The van der Waals surface area contributed by atoms with Crippen molar-refractivity contribution >= 4 is 11.8 Å². The van der Waals surface area contributed by atoms with Crippen LogP contribution in [0, 0.1) is 0 Å². The number of fused-ring (bicyclic) bond motifs is 2. The number of hydrogen-bond donors (Lipinski definition) is 1. The van der Waals surface area contributed by atoms with Gasteiger partial charge in [0, 0.05) is 38.1 Å². The summed E-state index contributed by atoms with van der Waals surface area (Å²) in [5, 5.41) is 3.58. The van der Waals surface area contributed by atoms with E-state index in [0.717, 1.165) is 38.9 Å². The van der Waals surface area contributed by atoms with Gasteiger partial charge in [0.15, 0.2) is 0 Å². The molecule has 0 aromatic rings. The van der Waals surface area contributed by atoms with Gasteiger partial charge in [-0.3, -0.25) is 9.59 Å². The molecule has 0 aromatic carbocycles. The first-order valence-electron chi connectivity index (χ1n) is 7.54. The number of piperidine rings is 1. The molecule has 0 saturated carbocycles. The van der Waals surface area contributed by atoms with E-state index in [1.807, 2.05) is 4.90 Å². The first kappa shape index (κ1) is 12.9. The zero-order chi connectivity index (χ0) is 13.2. The van der Waals surface area contributed by atoms with Crippen molar-refractivity contribution in [3.8, 4) is 0 Å². The highest BCUT2D eigenvalue weighted by Gasteiger charge is 2.32. The van der Waals surface area contributed by atoms with E-state index in [1.165, 1.54) is 12.8 Å². The molecule has 3 aliphatic rings. The Labute approximate surface area is 114 Å². The highest BCUT2D eigenvalue weighted by molar-refractivity contribution is 5.85. The summed E-state index contributed by atoms with van der Waals surface area (Å²) in [4.78, 5) is 27.8. The van der Waals surface area contributed by atoms with Crippen molar-refractivity contribution in [2.45, 2.75) is 50.6 Å². The van der Waals surface area contributed by atoms with Gasteiger partial charge in [0.05, 0.1) is 6.54 Å². The minimum Gasteiger partial charge on any atom is -0.340 e. The molecule has 3 heterocycles. The third-order valence-corrected chi connectivity index (χ3v) is 4.62. The molecule has 2 atom stereocenters. The van der Waals surface area contributed by atoms with E-state index in [-0.39, 0.29) is 18.4 Å². The molecule has 3 aliphatic heterocycles. The molecule has 1 N–H and O–H groups in total. The van der Waals surface area contributed by atoms with Crippen LogP contribution in [0.25, 0.3) is 0 Å². The second kappa shape index (κ2) is 5.49. The maximum atomic E-state index is 12.3. The molecular formula is C14H23N3O2. The Morgan fingerprint density at radius 3 is 2.84 bits per heavy atom. The van der Waals surface area contributed by atoms with Gasteiger partial charge in [-0.1, -0.05) is 0 Å². The van der Waals surface area contributed by atoms with Crippen LogP contribution in [0.5, 0.6) is 0 Å². The van der Waals surface area contributed by atoms with Crippen molar-refractivity contribution < 1.29 is 9.59 Å². The highest BCUT2D eigenvalue weighted by Crippen LogP contribution is 2.20. The van der Waals surface area contributed by atoms with Crippen LogP contribution in [0.3, 0.4) is 0 Å². The van der Waals surface area contributed by atoms with Crippen LogP contribution >= 0.6 is 0 Å². The van der Waals surface area contributed by atoms with Gasteiger partial charge in [0.25, 0.3) is 0 Å². The maximum absolute atomic E-state index is 12.3. The minimum atomic E-state index is 0.129. The molecule has 19 heavy (non-hydrogen) atoms. The normalized spacial score (nSPS) is 31.5. The SMILES string of the molecule is O=C1CCCCN1CC(=O)N1CCC2CCC(C1)N2. The molecule has 3 saturated heterocycles. The Balaban J connectivity index is 1.56. The lowest BCUT2D eigenvalue weighted by atomic mass is 10.1. The van der Waals surface area contributed by atoms with Gasteiger partial charge in [0.2, 0.25) is 11.8 Å². The van der Waals surface area contributed by atoms with Gasteiger partial charge >= 0.3 is 0 Å². The van der Waals surface area contributed by atoms with Crippen molar-refractivity contribution in [1.29, 1.82) is 0 Å². The number of rotatable bonds is 2. The second-order valence-electron chi connectivity index (χ2n) is 6.04. The fraction of sp³-hybridized carbons (Fsp3) is 0.857. The van der Waals surface area contributed by atoms with Crippen LogP contribution < -0.4 is 5.32 Å². The maximum Gasteiger partial charge on any atom is 0.242 e. The van der Waals surface area contributed by atoms with Crippen LogP contribution in [-0.4, -0.2) is 59.9 Å². The first-order chi connectivity index (χ1) is 9.22. The monoisotopic (exact) mass is 265 g/mol. The molecule has 5 heteroatoms. The summed E-state index contributed by atoms with van der Waals surface area (Å²) in [7, 11) is 0. The zero-order valence-electron chi connectivity index (χ0n) is 11.4. The van der Waals surface area contributed by atoms with Crippen LogP contribution in [0.4, 0.5) is 0 Å². The van der Waals surface area contributed by atoms with E-state index in [9.17, 15) is 9.59 Å². The minimum absolute atomic E-state index is 0.129. The van der Waals surface area contributed by atoms with Crippen molar-refractivity contribution in [3.05, 3.63) is 0 Å². The zero-order valence-corrected chi connectivity index (χ0v) is 11.4. The molecular weight excluding hydrogens is 242 g/mol. The average Bonchev–Trinajstić information content (AvgIpc) is 2.71. The van der Waals surface area contributed by atoms with Crippen molar-refractivity contribution in [2.75, 3.05) is 26.2 Å². The quantitative estimate of drug-likeness (QED) is 0.784. The number of carbonyl (C=O) groups excluding carboxylic acids is 2. The lowest BCUT2D eigenvalue weighted by molar-refractivity contribution is -0.142. The van der Waals surface area contributed by atoms with Gasteiger partial charge in [-0.05, 0) is 32.1 Å². The Morgan fingerprint density at radius 1 is 1.16 bits per heavy atom. The van der Waals surface area contributed by atoms with E-state index in [0.29, 0.717) is 18.5 Å². The van der Waals surface area contributed by atoms with Crippen LogP contribution in [-0.2, 0) is 9.59 Å². The predicted molar refractivity (Wildman–Crippen MR) is 71.6 cm³/mol. The number of nitrogens with zero attached hydrogens (tertiary/aromatic N) is 2. The summed E-state index contributed by atoms with van der Waals surface area (Å²) in [6.45, 7) is 2.70. The lowest BCUT2D eigenvalue weighted by Gasteiger charge is -2.30. The molecule has 0 radical (unpaired) electrons. The van der Waals surface area contributed by atoms with Gasteiger partial charge in [-0.15, -0.1) is 0 Å². The molecule has 3 rings (SSSR count). The summed E-state index contributed by atoms with van der Waals surface area (Å²) in [5.41, 5.74) is 0. The van der Waals surface area contributed by atoms with E-state index in [4.69, 9.17) is 0 Å². The predicted octanol–water partition coefficient (Wildman–Crippen LogP) is 0.352. The smallest absolute Gasteiger partial charge is 0.242 e. The standard InChI is InChI=1S/C14H23N3O2/c18-13-3-1-2-7-16(13)10-14(19)17-8-6-11-4-5-12(9-17)15-11/h11-12,15H,1-10H2.